The van der Waals surface area contributed by atoms with Gasteiger partial charge in [-0.2, -0.15) is 0 Å². The molecule has 1 aromatic heterocycles. The van der Waals surface area contributed by atoms with E-state index in [-0.39, 0.29) is 11.6 Å². The van der Waals surface area contributed by atoms with Crippen molar-refractivity contribution in [2.45, 2.75) is 46.5 Å². The summed E-state index contributed by atoms with van der Waals surface area (Å²) >= 11 is 1.74. The van der Waals surface area contributed by atoms with Crippen LogP contribution in [0.5, 0.6) is 0 Å². The van der Waals surface area contributed by atoms with E-state index in [1.807, 2.05) is 0 Å². The highest BCUT2D eigenvalue weighted by atomic mass is 32.1. The van der Waals surface area contributed by atoms with E-state index >= 15 is 0 Å². The fraction of sp³-hybridized carbons (Fsp3) is 0.538. The van der Waals surface area contributed by atoms with Gasteiger partial charge in [-0.3, -0.25) is 0 Å². The SMILES string of the molecule is CC(=O)CCc1cc(C)sc1CCC(C)=O. The summed E-state index contributed by atoms with van der Waals surface area (Å²) in [6, 6.07) is 2.14. The Balaban J connectivity index is 2.67. The molecule has 16 heavy (non-hydrogen) atoms. The van der Waals surface area contributed by atoms with Crippen LogP contribution in [0.2, 0.25) is 0 Å². The Morgan fingerprint density at radius 2 is 1.69 bits per heavy atom. The first-order chi connectivity index (χ1) is 7.49. The number of hydrogen-bond donors (Lipinski definition) is 0. The normalized spacial score (nSPS) is 10.4. The summed E-state index contributed by atoms with van der Waals surface area (Å²) in [5, 5.41) is 0. The van der Waals surface area contributed by atoms with Gasteiger partial charge in [0.25, 0.3) is 0 Å². The van der Waals surface area contributed by atoms with E-state index in [2.05, 4.69) is 13.0 Å². The van der Waals surface area contributed by atoms with Gasteiger partial charge in [0.05, 0.1) is 0 Å². The molecule has 2 nitrogen and oxygen atoms in total. The zero-order chi connectivity index (χ0) is 12.1. The molecule has 0 spiro atoms. The molecule has 0 aliphatic heterocycles. The Morgan fingerprint density at radius 3 is 2.25 bits per heavy atom. The van der Waals surface area contributed by atoms with Gasteiger partial charge in [0, 0.05) is 22.6 Å². The van der Waals surface area contributed by atoms with Crippen LogP contribution in [0.3, 0.4) is 0 Å². The van der Waals surface area contributed by atoms with Gasteiger partial charge in [-0.25, -0.2) is 0 Å². The van der Waals surface area contributed by atoms with Crippen molar-refractivity contribution in [2.24, 2.45) is 0 Å². The van der Waals surface area contributed by atoms with Crippen molar-refractivity contribution < 1.29 is 9.59 Å². The highest BCUT2D eigenvalue weighted by molar-refractivity contribution is 7.12. The predicted octanol–water partition coefficient (Wildman–Crippen LogP) is 3.10. The molecule has 0 fully saturated rings. The first kappa shape index (κ1) is 13.1. The maximum Gasteiger partial charge on any atom is 0.130 e. The van der Waals surface area contributed by atoms with E-state index < -0.39 is 0 Å². The van der Waals surface area contributed by atoms with Crippen LogP contribution in [-0.2, 0) is 22.4 Å². The summed E-state index contributed by atoms with van der Waals surface area (Å²) in [5.74, 6) is 0.449. The van der Waals surface area contributed by atoms with Crippen molar-refractivity contribution in [3.63, 3.8) is 0 Å². The summed E-state index contributed by atoms with van der Waals surface area (Å²) in [5.41, 5.74) is 1.25. The number of hydrogen-bond acceptors (Lipinski definition) is 3. The standard InChI is InChI=1S/C13H18O2S/c1-9(14)4-6-12-8-11(3)16-13(12)7-5-10(2)15/h8H,4-7H2,1-3H3. The van der Waals surface area contributed by atoms with E-state index in [1.54, 1.807) is 25.2 Å². The Bertz CT molecular complexity index is 355. The number of aryl methyl sites for hydroxylation is 3. The van der Waals surface area contributed by atoms with Gasteiger partial charge in [0.15, 0.2) is 0 Å². The lowest BCUT2D eigenvalue weighted by Gasteiger charge is -2.01. The van der Waals surface area contributed by atoms with Crippen molar-refractivity contribution in [1.82, 2.24) is 0 Å². The largest absolute Gasteiger partial charge is 0.300 e. The highest BCUT2D eigenvalue weighted by Gasteiger charge is 2.08. The van der Waals surface area contributed by atoms with Gasteiger partial charge in [0.2, 0.25) is 0 Å². The van der Waals surface area contributed by atoms with E-state index in [0.717, 1.165) is 12.8 Å². The van der Waals surface area contributed by atoms with Gasteiger partial charge in [-0.05, 0) is 45.2 Å². The molecule has 0 saturated carbocycles. The average molecular weight is 238 g/mol. The summed E-state index contributed by atoms with van der Waals surface area (Å²) in [6.45, 7) is 5.31. The predicted molar refractivity (Wildman–Crippen MR) is 67.1 cm³/mol. The fourth-order valence-electron chi connectivity index (χ4n) is 1.64. The minimum absolute atomic E-state index is 0.223. The molecule has 0 radical (unpaired) electrons. The number of Topliss-reactive ketones (excluding diaryl/α,β-unsaturated/α-hetero) is 2. The topological polar surface area (TPSA) is 34.1 Å². The minimum Gasteiger partial charge on any atom is -0.300 e. The van der Waals surface area contributed by atoms with Crippen molar-refractivity contribution in [3.8, 4) is 0 Å². The monoisotopic (exact) mass is 238 g/mol. The molecule has 0 atom stereocenters. The molecule has 1 rings (SSSR count). The maximum atomic E-state index is 11.0. The molecular formula is C13H18O2S. The molecule has 0 unspecified atom stereocenters. The highest BCUT2D eigenvalue weighted by Crippen LogP contribution is 2.24. The van der Waals surface area contributed by atoms with Gasteiger partial charge < -0.3 is 9.59 Å². The van der Waals surface area contributed by atoms with Crippen LogP contribution in [0.1, 0.15) is 42.0 Å². The molecule has 0 aliphatic rings. The van der Waals surface area contributed by atoms with Gasteiger partial charge >= 0.3 is 0 Å². The number of carbonyl (C=O) groups is 2. The second kappa shape index (κ2) is 5.94. The molecular weight excluding hydrogens is 220 g/mol. The molecule has 0 aromatic carbocycles. The molecule has 0 bridgehead atoms. The van der Waals surface area contributed by atoms with E-state index in [9.17, 15) is 9.59 Å². The van der Waals surface area contributed by atoms with Crippen LogP contribution in [0.15, 0.2) is 6.07 Å². The molecule has 1 heterocycles. The second-order valence-corrected chi connectivity index (χ2v) is 5.55. The molecule has 0 aliphatic carbocycles. The average Bonchev–Trinajstić information content (AvgIpc) is 2.52. The lowest BCUT2D eigenvalue weighted by atomic mass is 10.1. The van der Waals surface area contributed by atoms with Gasteiger partial charge in [-0.15, -0.1) is 11.3 Å². The third-order valence-electron chi connectivity index (χ3n) is 2.47. The number of carbonyl (C=O) groups excluding carboxylic acids is 2. The zero-order valence-corrected chi connectivity index (χ0v) is 10.9. The Labute approximate surface area is 101 Å². The van der Waals surface area contributed by atoms with E-state index in [0.29, 0.717) is 12.8 Å². The van der Waals surface area contributed by atoms with Crippen LogP contribution in [0.25, 0.3) is 0 Å². The van der Waals surface area contributed by atoms with Crippen molar-refractivity contribution in [2.75, 3.05) is 0 Å². The lowest BCUT2D eigenvalue weighted by molar-refractivity contribution is -0.117. The smallest absolute Gasteiger partial charge is 0.130 e. The van der Waals surface area contributed by atoms with Crippen LogP contribution in [0.4, 0.5) is 0 Å². The minimum atomic E-state index is 0.223. The van der Waals surface area contributed by atoms with E-state index in [1.165, 1.54) is 15.3 Å². The first-order valence-corrected chi connectivity index (χ1v) is 6.37. The maximum absolute atomic E-state index is 11.0. The Morgan fingerprint density at radius 1 is 1.12 bits per heavy atom. The second-order valence-electron chi connectivity index (χ2n) is 4.21. The van der Waals surface area contributed by atoms with Crippen LogP contribution < -0.4 is 0 Å². The van der Waals surface area contributed by atoms with Gasteiger partial charge in [0.1, 0.15) is 11.6 Å². The third kappa shape index (κ3) is 4.27. The molecule has 0 N–H and O–H groups in total. The fourth-order valence-corrected chi connectivity index (χ4v) is 2.72. The summed E-state index contributed by atoms with van der Waals surface area (Å²) in [4.78, 5) is 24.4. The van der Waals surface area contributed by atoms with Crippen molar-refractivity contribution in [1.29, 1.82) is 0 Å². The van der Waals surface area contributed by atoms with Crippen LogP contribution in [-0.4, -0.2) is 11.6 Å². The molecule has 1 aromatic rings. The lowest BCUT2D eigenvalue weighted by Crippen LogP contribution is -1.98. The zero-order valence-electron chi connectivity index (χ0n) is 10.1. The van der Waals surface area contributed by atoms with E-state index in [4.69, 9.17) is 0 Å². The quantitative estimate of drug-likeness (QED) is 0.763. The summed E-state index contributed by atoms with van der Waals surface area (Å²) in [7, 11) is 0. The third-order valence-corrected chi connectivity index (χ3v) is 3.62. The van der Waals surface area contributed by atoms with Crippen LogP contribution >= 0.6 is 11.3 Å². The van der Waals surface area contributed by atoms with Crippen molar-refractivity contribution in [3.05, 3.63) is 21.4 Å². The summed E-state index contributed by atoms with van der Waals surface area (Å²) < 4.78 is 0. The molecule has 88 valence electrons. The molecule has 3 heteroatoms. The number of rotatable bonds is 6. The Hall–Kier alpha value is -0.960. The van der Waals surface area contributed by atoms with Crippen molar-refractivity contribution >= 4 is 22.9 Å². The number of thiophene rings is 1. The molecule has 0 amide bonds. The summed E-state index contributed by atoms with van der Waals surface area (Å²) in [6.07, 6.45) is 2.84. The first-order valence-electron chi connectivity index (χ1n) is 5.56. The Kier molecular flexibility index (Phi) is 4.87. The molecule has 0 saturated heterocycles. The van der Waals surface area contributed by atoms with Gasteiger partial charge in [-0.1, -0.05) is 0 Å². The van der Waals surface area contributed by atoms with Crippen LogP contribution in [0, 0.1) is 6.92 Å². The number of ketones is 2.